The first kappa shape index (κ1) is 25.2. The number of carbonyl (C=O) groups excluding carboxylic acids is 3. The summed E-state index contributed by atoms with van der Waals surface area (Å²) in [7, 11) is 1.28. The van der Waals surface area contributed by atoms with E-state index in [1.807, 2.05) is 61.5 Å². The van der Waals surface area contributed by atoms with Crippen LogP contribution in [0.1, 0.15) is 45.6 Å². The lowest BCUT2D eigenvalue weighted by atomic mass is 9.69. The van der Waals surface area contributed by atoms with Gasteiger partial charge < -0.3 is 19.5 Å². The second kappa shape index (κ2) is 10.4. The number of para-hydroxylation sites is 1. The molecule has 0 aromatic heterocycles. The molecule has 36 heavy (non-hydrogen) atoms. The van der Waals surface area contributed by atoms with Crippen molar-refractivity contribution in [3.05, 3.63) is 82.7 Å². The fraction of sp³-hybridized carbons (Fsp3) is 0.345. The maximum Gasteiger partial charge on any atom is 0.337 e. The monoisotopic (exact) mass is 489 g/mol. The van der Waals surface area contributed by atoms with Crippen molar-refractivity contribution >= 4 is 17.7 Å². The topological polar surface area (TPSA) is 90.9 Å². The summed E-state index contributed by atoms with van der Waals surface area (Å²) in [6, 6.07) is 16.7. The van der Waals surface area contributed by atoms with Gasteiger partial charge in [-0.25, -0.2) is 4.79 Å². The molecule has 4 rings (SSSR count). The van der Waals surface area contributed by atoms with E-state index in [4.69, 9.17) is 14.2 Å². The van der Waals surface area contributed by atoms with Gasteiger partial charge in [0, 0.05) is 22.9 Å². The minimum atomic E-state index is -0.942. The normalized spacial score (nSPS) is 21.6. The largest absolute Gasteiger partial charge is 0.468 e. The van der Waals surface area contributed by atoms with Crippen LogP contribution in [0, 0.1) is 11.8 Å². The third kappa shape index (κ3) is 4.91. The number of Topliss-reactive ketones (excluding diaryl/α,β-unsaturated/α-hetero) is 1. The third-order valence-corrected chi connectivity index (χ3v) is 6.48. The first-order valence-electron chi connectivity index (χ1n) is 12.1. The minimum absolute atomic E-state index is 0.249. The van der Waals surface area contributed by atoms with E-state index in [9.17, 15) is 14.4 Å². The Bertz CT molecular complexity index is 1240. The van der Waals surface area contributed by atoms with E-state index in [2.05, 4.69) is 5.32 Å². The first-order valence-corrected chi connectivity index (χ1v) is 12.1. The number of carbonyl (C=O) groups is 3. The molecule has 1 heterocycles. The Morgan fingerprint density at radius 1 is 1.03 bits per heavy atom. The van der Waals surface area contributed by atoms with Crippen molar-refractivity contribution in [1.82, 2.24) is 5.32 Å². The van der Waals surface area contributed by atoms with Gasteiger partial charge >= 0.3 is 11.9 Å². The average molecular weight is 490 g/mol. The van der Waals surface area contributed by atoms with Gasteiger partial charge in [-0.3, -0.25) is 9.59 Å². The molecule has 0 saturated carbocycles. The quantitative estimate of drug-likeness (QED) is 0.449. The number of nitrogens with one attached hydrogen (secondary N) is 1. The summed E-state index contributed by atoms with van der Waals surface area (Å²) in [6.45, 7) is 7.22. The van der Waals surface area contributed by atoms with E-state index in [0.29, 0.717) is 46.0 Å². The molecule has 1 aliphatic carbocycles. The van der Waals surface area contributed by atoms with Gasteiger partial charge in [0.25, 0.3) is 0 Å². The van der Waals surface area contributed by atoms with E-state index >= 15 is 0 Å². The number of allylic oxidation sites excluding steroid dienone is 3. The Balaban J connectivity index is 1.83. The Kier molecular flexibility index (Phi) is 7.29. The van der Waals surface area contributed by atoms with Crippen molar-refractivity contribution in [1.29, 1.82) is 0 Å². The molecule has 0 saturated heterocycles. The molecule has 188 valence electrons. The fourth-order valence-electron chi connectivity index (χ4n) is 4.94. The lowest BCUT2D eigenvalue weighted by molar-refractivity contribution is -0.151. The summed E-state index contributed by atoms with van der Waals surface area (Å²) in [5, 5.41) is 3.27. The van der Waals surface area contributed by atoms with Crippen LogP contribution < -0.4 is 10.1 Å². The van der Waals surface area contributed by atoms with Crippen molar-refractivity contribution in [3.8, 4) is 11.5 Å². The molecular formula is C29H31NO6. The number of esters is 2. The lowest BCUT2D eigenvalue weighted by Crippen LogP contribution is -2.43. The zero-order valence-electron chi connectivity index (χ0n) is 21.2. The van der Waals surface area contributed by atoms with Crippen molar-refractivity contribution in [3.63, 3.8) is 0 Å². The molecule has 0 fully saturated rings. The highest BCUT2D eigenvalue weighted by Gasteiger charge is 2.47. The van der Waals surface area contributed by atoms with Gasteiger partial charge in [0.05, 0.1) is 18.8 Å². The molecule has 7 nitrogen and oxygen atoms in total. The van der Waals surface area contributed by atoms with Crippen molar-refractivity contribution in [2.24, 2.45) is 11.8 Å². The standard InChI is InChI=1S/C29H31NO6/c1-16(2)35-29(33)24-18(4)30-22-14-17(3)23(28(32)34-5)27(31)26(22)25(24)19-10-9-13-21(15-19)36-20-11-7-6-8-12-20/h6-13,15-17,23,25,30H,14H2,1-5H3/t17-,23+,25-/m1/s1. The maximum absolute atomic E-state index is 13.8. The van der Waals surface area contributed by atoms with Gasteiger partial charge in [-0.05, 0) is 62.9 Å². The van der Waals surface area contributed by atoms with Crippen LogP contribution in [0.4, 0.5) is 0 Å². The molecule has 0 amide bonds. The van der Waals surface area contributed by atoms with Gasteiger partial charge in [0.15, 0.2) is 5.78 Å². The van der Waals surface area contributed by atoms with Crippen LogP contribution in [-0.2, 0) is 23.9 Å². The molecule has 1 aliphatic heterocycles. The minimum Gasteiger partial charge on any atom is -0.468 e. The van der Waals surface area contributed by atoms with Crippen LogP contribution in [-0.4, -0.2) is 30.9 Å². The molecule has 7 heteroatoms. The number of methoxy groups -OCH3 is 1. The summed E-state index contributed by atoms with van der Waals surface area (Å²) < 4.78 is 16.6. The van der Waals surface area contributed by atoms with Gasteiger partial charge in [-0.15, -0.1) is 0 Å². The molecule has 2 aromatic rings. The van der Waals surface area contributed by atoms with E-state index in [1.54, 1.807) is 20.8 Å². The third-order valence-electron chi connectivity index (χ3n) is 6.48. The number of hydrogen-bond acceptors (Lipinski definition) is 7. The molecule has 0 unspecified atom stereocenters. The molecule has 2 aromatic carbocycles. The van der Waals surface area contributed by atoms with Gasteiger partial charge in [0.1, 0.15) is 17.4 Å². The van der Waals surface area contributed by atoms with Gasteiger partial charge in [0.2, 0.25) is 0 Å². The van der Waals surface area contributed by atoms with E-state index in [-0.39, 0.29) is 17.8 Å². The molecule has 1 N–H and O–H groups in total. The smallest absolute Gasteiger partial charge is 0.337 e. The zero-order valence-corrected chi connectivity index (χ0v) is 21.2. The van der Waals surface area contributed by atoms with Crippen LogP contribution in [0.5, 0.6) is 11.5 Å². The lowest BCUT2D eigenvalue weighted by Gasteiger charge is -2.38. The molecule has 3 atom stereocenters. The highest BCUT2D eigenvalue weighted by atomic mass is 16.5. The number of hydrogen-bond donors (Lipinski definition) is 1. The number of ether oxygens (including phenoxy) is 3. The Labute approximate surface area is 211 Å². The molecule has 0 bridgehead atoms. The maximum atomic E-state index is 13.8. The Hall–Kier alpha value is -3.87. The van der Waals surface area contributed by atoms with Gasteiger partial charge in [-0.1, -0.05) is 37.3 Å². The molecule has 0 radical (unpaired) electrons. The fourth-order valence-corrected chi connectivity index (χ4v) is 4.94. The average Bonchev–Trinajstić information content (AvgIpc) is 2.83. The Morgan fingerprint density at radius 3 is 2.39 bits per heavy atom. The van der Waals surface area contributed by atoms with E-state index in [0.717, 1.165) is 0 Å². The van der Waals surface area contributed by atoms with E-state index < -0.39 is 23.8 Å². The number of rotatable bonds is 6. The van der Waals surface area contributed by atoms with Crippen molar-refractivity contribution in [2.75, 3.05) is 7.11 Å². The molecular weight excluding hydrogens is 458 g/mol. The Morgan fingerprint density at radius 2 is 1.72 bits per heavy atom. The SMILES string of the molecule is COC(=O)[C@@H]1C(=O)C2=C(C[C@H]1C)NC(C)=C(C(=O)OC(C)C)[C@H]2c1cccc(Oc2ccccc2)c1. The van der Waals surface area contributed by atoms with Crippen LogP contribution in [0.25, 0.3) is 0 Å². The number of benzene rings is 2. The predicted molar refractivity (Wildman–Crippen MR) is 134 cm³/mol. The van der Waals surface area contributed by atoms with Crippen molar-refractivity contribution < 1.29 is 28.6 Å². The summed E-state index contributed by atoms with van der Waals surface area (Å²) in [5.41, 5.74) is 2.76. The number of ketones is 1. The van der Waals surface area contributed by atoms with Crippen LogP contribution >= 0.6 is 0 Å². The second-order valence-corrected chi connectivity index (χ2v) is 9.48. The van der Waals surface area contributed by atoms with E-state index in [1.165, 1.54) is 7.11 Å². The number of dihydropyridines is 1. The van der Waals surface area contributed by atoms with Crippen LogP contribution in [0.15, 0.2) is 77.1 Å². The summed E-state index contributed by atoms with van der Waals surface area (Å²) in [4.78, 5) is 39.7. The van der Waals surface area contributed by atoms with Crippen LogP contribution in [0.3, 0.4) is 0 Å². The molecule has 0 spiro atoms. The predicted octanol–water partition coefficient (Wildman–Crippen LogP) is 5.04. The zero-order chi connectivity index (χ0) is 26.0. The molecule has 2 aliphatic rings. The summed E-state index contributed by atoms with van der Waals surface area (Å²) in [6.07, 6.45) is 0.132. The summed E-state index contributed by atoms with van der Waals surface area (Å²) >= 11 is 0. The second-order valence-electron chi connectivity index (χ2n) is 9.48. The summed E-state index contributed by atoms with van der Waals surface area (Å²) in [5.74, 6) is -2.11. The van der Waals surface area contributed by atoms with Crippen LogP contribution in [0.2, 0.25) is 0 Å². The van der Waals surface area contributed by atoms with Crippen molar-refractivity contribution in [2.45, 2.75) is 46.1 Å². The first-order chi connectivity index (χ1) is 17.2. The highest BCUT2D eigenvalue weighted by Crippen LogP contribution is 2.46. The van der Waals surface area contributed by atoms with Gasteiger partial charge in [-0.2, -0.15) is 0 Å². The highest BCUT2D eigenvalue weighted by molar-refractivity contribution is 6.12.